The predicted octanol–water partition coefficient (Wildman–Crippen LogP) is -2.08. The molecular formula is C13H17N5O5. The van der Waals surface area contributed by atoms with E-state index in [1.54, 1.807) is 0 Å². The van der Waals surface area contributed by atoms with Crippen molar-refractivity contribution in [3.05, 3.63) is 18.2 Å². The molecule has 23 heavy (non-hydrogen) atoms. The Kier molecular flexibility index (Phi) is 5.28. The lowest BCUT2D eigenvalue weighted by atomic mass is 10.1. The maximum Gasteiger partial charge on any atom is 0.322 e. The molecule has 3 amide bonds. The van der Waals surface area contributed by atoms with E-state index in [4.69, 9.17) is 5.11 Å². The summed E-state index contributed by atoms with van der Waals surface area (Å²) in [7, 11) is 0. The number of aromatic amines is 1. The highest BCUT2D eigenvalue weighted by Crippen LogP contribution is 2.07. The summed E-state index contributed by atoms with van der Waals surface area (Å²) in [5.74, 6) is -2.51. The Bertz CT molecular complexity index is 600. The topological polar surface area (TPSA) is 153 Å². The molecule has 124 valence electrons. The summed E-state index contributed by atoms with van der Waals surface area (Å²) in [5, 5.41) is 15.9. The standard InChI is InChI=1S/C13H17N5O5/c19-10-2-1-8(17-10)13(23)18-9(3-7-4-14-6-16-7)12(22)15-5-11(20)21/h4,6,8-9H,1-3,5H2,(H,14,16)(H,15,22)(H,17,19)(H,18,23)(H,20,21)/t8?,9-/m0/s1. The highest BCUT2D eigenvalue weighted by atomic mass is 16.4. The Morgan fingerprint density at radius 3 is 2.78 bits per heavy atom. The largest absolute Gasteiger partial charge is 0.480 e. The van der Waals surface area contributed by atoms with Crippen LogP contribution in [0, 0.1) is 0 Å². The number of aromatic nitrogens is 2. The molecule has 0 saturated carbocycles. The van der Waals surface area contributed by atoms with E-state index in [1.807, 2.05) is 0 Å². The molecule has 1 aliphatic heterocycles. The van der Waals surface area contributed by atoms with E-state index in [9.17, 15) is 19.2 Å². The van der Waals surface area contributed by atoms with Crippen molar-refractivity contribution in [3.63, 3.8) is 0 Å². The van der Waals surface area contributed by atoms with Crippen LogP contribution in [0.5, 0.6) is 0 Å². The number of rotatable bonds is 7. The van der Waals surface area contributed by atoms with Gasteiger partial charge in [-0.2, -0.15) is 0 Å². The Balaban J connectivity index is 2.00. The quantitative estimate of drug-likeness (QED) is 0.388. The van der Waals surface area contributed by atoms with Crippen molar-refractivity contribution in [3.8, 4) is 0 Å². The first kappa shape index (κ1) is 16.5. The average Bonchev–Trinajstić information content (AvgIpc) is 3.15. The number of hydrogen-bond acceptors (Lipinski definition) is 5. The zero-order valence-electron chi connectivity index (χ0n) is 12.2. The van der Waals surface area contributed by atoms with Gasteiger partial charge in [0, 0.05) is 24.7 Å². The van der Waals surface area contributed by atoms with Gasteiger partial charge in [-0.25, -0.2) is 4.98 Å². The Morgan fingerprint density at radius 2 is 2.22 bits per heavy atom. The monoisotopic (exact) mass is 323 g/mol. The smallest absolute Gasteiger partial charge is 0.322 e. The average molecular weight is 323 g/mol. The van der Waals surface area contributed by atoms with Gasteiger partial charge in [0.2, 0.25) is 17.7 Å². The van der Waals surface area contributed by atoms with Gasteiger partial charge in [-0.15, -0.1) is 0 Å². The van der Waals surface area contributed by atoms with Crippen LogP contribution in [0.1, 0.15) is 18.5 Å². The number of nitrogens with zero attached hydrogens (tertiary/aromatic N) is 1. The molecule has 10 heteroatoms. The van der Waals surface area contributed by atoms with Crippen molar-refractivity contribution in [2.24, 2.45) is 0 Å². The Morgan fingerprint density at radius 1 is 1.43 bits per heavy atom. The van der Waals surface area contributed by atoms with Crippen LogP contribution in [0.15, 0.2) is 12.5 Å². The van der Waals surface area contributed by atoms with Gasteiger partial charge in [0.25, 0.3) is 0 Å². The minimum absolute atomic E-state index is 0.123. The minimum atomic E-state index is -1.19. The molecule has 1 aliphatic rings. The van der Waals surface area contributed by atoms with Crippen LogP contribution in [0.2, 0.25) is 0 Å². The number of carbonyl (C=O) groups excluding carboxylic acids is 3. The molecular weight excluding hydrogens is 306 g/mol. The van der Waals surface area contributed by atoms with Gasteiger partial charge in [-0.05, 0) is 6.42 Å². The molecule has 2 heterocycles. The van der Waals surface area contributed by atoms with Gasteiger partial charge in [0.05, 0.1) is 6.33 Å². The normalized spacial score (nSPS) is 18.1. The number of H-pyrrole nitrogens is 1. The highest BCUT2D eigenvalue weighted by molar-refractivity contribution is 5.94. The molecule has 1 fully saturated rings. The van der Waals surface area contributed by atoms with Crippen LogP contribution < -0.4 is 16.0 Å². The molecule has 1 aromatic rings. The van der Waals surface area contributed by atoms with Crippen LogP contribution in [-0.2, 0) is 25.6 Å². The van der Waals surface area contributed by atoms with Crippen LogP contribution in [0.3, 0.4) is 0 Å². The second kappa shape index (κ2) is 7.38. The molecule has 10 nitrogen and oxygen atoms in total. The lowest BCUT2D eigenvalue weighted by Gasteiger charge is -2.19. The van der Waals surface area contributed by atoms with E-state index < -0.39 is 36.4 Å². The zero-order chi connectivity index (χ0) is 16.8. The summed E-state index contributed by atoms with van der Waals surface area (Å²) in [4.78, 5) is 52.5. The fourth-order valence-corrected chi connectivity index (χ4v) is 2.19. The molecule has 0 aliphatic carbocycles. The van der Waals surface area contributed by atoms with Crippen LogP contribution >= 0.6 is 0 Å². The number of nitrogens with one attached hydrogen (secondary N) is 4. The van der Waals surface area contributed by atoms with Gasteiger partial charge in [0.15, 0.2) is 0 Å². The molecule has 2 atom stereocenters. The van der Waals surface area contributed by atoms with E-state index in [1.165, 1.54) is 12.5 Å². The second-order valence-electron chi connectivity index (χ2n) is 5.11. The summed E-state index contributed by atoms with van der Waals surface area (Å²) in [6, 6.07) is -1.65. The number of imidazole rings is 1. The number of amides is 3. The van der Waals surface area contributed by atoms with Crippen LogP contribution in [-0.4, -0.2) is 57.4 Å². The van der Waals surface area contributed by atoms with Gasteiger partial charge >= 0.3 is 5.97 Å². The molecule has 1 unspecified atom stereocenters. The molecule has 5 N–H and O–H groups in total. The number of hydrogen-bond donors (Lipinski definition) is 5. The summed E-state index contributed by atoms with van der Waals surface area (Å²) in [5.41, 5.74) is 0.608. The third kappa shape index (κ3) is 4.80. The molecule has 0 radical (unpaired) electrons. The van der Waals surface area contributed by atoms with Crippen molar-refractivity contribution in [2.45, 2.75) is 31.3 Å². The molecule has 0 bridgehead atoms. The van der Waals surface area contributed by atoms with Crippen molar-refractivity contribution in [1.82, 2.24) is 25.9 Å². The van der Waals surface area contributed by atoms with E-state index in [2.05, 4.69) is 25.9 Å². The van der Waals surface area contributed by atoms with Crippen molar-refractivity contribution in [1.29, 1.82) is 0 Å². The minimum Gasteiger partial charge on any atom is -0.480 e. The second-order valence-corrected chi connectivity index (χ2v) is 5.11. The lowest BCUT2D eigenvalue weighted by Crippen LogP contribution is -2.53. The number of carbonyl (C=O) groups is 4. The van der Waals surface area contributed by atoms with E-state index in [0.29, 0.717) is 12.1 Å². The van der Waals surface area contributed by atoms with Crippen molar-refractivity contribution in [2.75, 3.05) is 6.54 Å². The predicted molar refractivity (Wildman–Crippen MR) is 76.0 cm³/mol. The molecule has 1 aromatic heterocycles. The van der Waals surface area contributed by atoms with E-state index >= 15 is 0 Å². The van der Waals surface area contributed by atoms with E-state index in [-0.39, 0.29) is 18.7 Å². The molecule has 2 rings (SSSR count). The first-order valence-corrected chi connectivity index (χ1v) is 7.02. The fraction of sp³-hybridized carbons (Fsp3) is 0.462. The highest BCUT2D eigenvalue weighted by Gasteiger charge is 2.30. The van der Waals surface area contributed by atoms with Crippen LogP contribution in [0.25, 0.3) is 0 Å². The van der Waals surface area contributed by atoms with Crippen molar-refractivity contribution < 1.29 is 24.3 Å². The van der Waals surface area contributed by atoms with Gasteiger partial charge in [-0.3, -0.25) is 19.2 Å². The number of carboxylic acid groups (broad SMARTS) is 1. The first-order valence-electron chi connectivity index (χ1n) is 7.02. The summed E-state index contributed by atoms with van der Waals surface area (Å²) in [6.45, 7) is -0.547. The summed E-state index contributed by atoms with van der Waals surface area (Å²) < 4.78 is 0. The van der Waals surface area contributed by atoms with Gasteiger partial charge < -0.3 is 26.0 Å². The fourth-order valence-electron chi connectivity index (χ4n) is 2.19. The maximum absolute atomic E-state index is 12.1. The van der Waals surface area contributed by atoms with Crippen LogP contribution in [0.4, 0.5) is 0 Å². The molecule has 0 aromatic carbocycles. The Hall–Kier alpha value is -2.91. The Labute approximate surface area is 131 Å². The molecule has 0 spiro atoms. The maximum atomic E-state index is 12.1. The number of aliphatic carboxylic acids is 1. The third-order valence-corrected chi connectivity index (χ3v) is 3.34. The third-order valence-electron chi connectivity index (χ3n) is 3.34. The zero-order valence-corrected chi connectivity index (χ0v) is 12.2. The van der Waals surface area contributed by atoms with Crippen molar-refractivity contribution >= 4 is 23.7 Å². The summed E-state index contributed by atoms with van der Waals surface area (Å²) >= 11 is 0. The number of carboxylic acids is 1. The summed E-state index contributed by atoms with van der Waals surface area (Å²) in [6.07, 6.45) is 3.67. The van der Waals surface area contributed by atoms with E-state index in [0.717, 1.165) is 0 Å². The first-order chi connectivity index (χ1) is 11.0. The SMILES string of the molecule is O=C(O)CNC(=O)[C@H](Cc1cnc[nH]1)NC(=O)C1CCC(=O)N1. The molecule has 1 saturated heterocycles. The van der Waals surface area contributed by atoms with Gasteiger partial charge in [-0.1, -0.05) is 0 Å². The van der Waals surface area contributed by atoms with Gasteiger partial charge in [0.1, 0.15) is 18.6 Å². The lowest BCUT2D eigenvalue weighted by molar-refractivity contribution is -0.138.